The Balaban J connectivity index is 2.27. The van der Waals surface area contributed by atoms with Crippen LogP contribution < -0.4 is 5.32 Å². The first kappa shape index (κ1) is 13.4. The predicted octanol–water partition coefficient (Wildman–Crippen LogP) is 3.76. The quantitative estimate of drug-likeness (QED) is 0.780. The molecule has 21 heavy (non-hydrogen) atoms. The lowest BCUT2D eigenvalue weighted by Gasteiger charge is -2.08. The number of halogens is 3. The second-order valence-corrected chi connectivity index (χ2v) is 4.47. The molecule has 1 N–H and O–H groups in total. The molecule has 0 atom stereocenters. The minimum absolute atomic E-state index is 0.121. The van der Waals surface area contributed by atoms with E-state index in [-0.39, 0.29) is 11.4 Å². The molecule has 0 aliphatic rings. The van der Waals surface area contributed by atoms with Crippen LogP contribution in [0, 0.1) is 17.5 Å². The summed E-state index contributed by atoms with van der Waals surface area (Å²) in [6.45, 7) is 0. The summed E-state index contributed by atoms with van der Waals surface area (Å²) in [6, 6.07) is 7.12. The molecule has 0 bridgehead atoms. The average molecular weight is 289 g/mol. The van der Waals surface area contributed by atoms with E-state index in [1.165, 1.54) is 12.1 Å². The Morgan fingerprint density at radius 3 is 2.24 bits per heavy atom. The molecule has 3 aromatic rings. The van der Waals surface area contributed by atoms with Crippen molar-refractivity contribution < 1.29 is 13.2 Å². The van der Waals surface area contributed by atoms with E-state index >= 15 is 0 Å². The third-order valence-electron chi connectivity index (χ3n) is 3.02. The fourth-order valence-electron chi connectivity index (χ4n) is 2.11. The van der Waals surface area contributed by atoms with Gasteiger partial charge in [-0.1, -0.05) is 0 Å². The first-order valence-electron chi connectivity index (χ1n) is 6.18. The van der Waals surface area contributed by atoms with Gasteiger partial charge >= 0.3 is 0 Å². The molecule has 0 spiro atoms. The van der Waals surface area contributed by atoms with Gasteiger partial charge in [-0.15, -0.1) is 0 Å². The van der Waals surface area contributed by atoms with Gasteiger partial charge < -0.3 is 5.32 Å². The van der Waals surface area contributed by atoms with Gasteiger partial charge in [-0.05, 0) is 24.3 Å². The molecule has 0 aliphatic carbocycles. The van der Waals surface area contributed by atoms with Crippen LogP contribution in [0.4, 0.5) is 19.0 Å². The van der Waals surface area contributed by atoms with Crippen molar-refractivity contribution in [3.05, 3.63) is 53.8 Å². The lowest BCUT2D eigenvalue weighted by molar-refractivity contribution is 0.584. The van der Waals surface area contributed by atoms with Crippen LogP contribution in [-0.4, -0.2) is 17.0 Å². The van der Waals surface area contributed by atoms with E-state index in [9.17, 15) is 13.2 Å². The molecular weight excluding hydrogens is 279 g/mol. The highest BCUT2D eigenvalue weighted by molar-refractivity contribution is 5.90. The van der Waals surface area contributed by atoms with Crippen LogP contribution in [0.5, 0.6) is 0 Å². The zero-order valence-corrected chi connectivity index (χ0v) is 11.0. The van der Waals surface area contributed by atoms with Crippen LogP contribution in [-0.2, 0) is 0 Å². The summed E-state index contributed by atoms with van der Waals surface area (Å²) in [5.74, 6) is -1.31. The molecule has 0 saturated heterocycles. The highest BCUT2D eigenvalue weighted by atomic mass is 19.1. The van der Waals surface area contributed by atoms with Crippen molar-refractivity contribution in [1.29, 1.82) is 0 Å². The number of nitrogens with zero attached hydrogens (tertiary/aromatic N) is 2. The Morgan fingerprint density at radius 2 is 1.57 bits per heavy atom. The van der Waals surface area contributed by atoms with Gasteiger partial charge in [0.05, 0.1) is 5.52 Å². The molecule has 0 aliphatic heterocycles. The SMILES string of the molecule is CNc1nc(-c2cc(F)cc(F)c2)nc2cc(F)ccc12. The monoisotopic (exact) mass is 289 g/mol. The topological polar surface area (TPSA) is 37.8 Å². The van der Waals surface area contributed by atoms with Gasteiger partial charge in [0.15, 0.2) is 5.82 Å². The molecule has 0 amide bonds. The maximum absolute atomic E-state index is 13.3. The van der Waals surface area contributed by atoms with Gasteiger partial charge in [0.1, 0.15) is 23.3 Å². The number of hydrogen-bond acceptors (Lipinski definition) is 3. The van der Waals surface area contributed by atoms with Gasteiger partial charge in [-0.25, -0.2) is 23.1 Å². The second kappa shape index (κ2) is 5.05. The largest absolute Gasteiger partial charge is 0.373 e. The smallest absolute Gasteiger partial charge is 0.162 e. The average Bonchev–Trinajstić information content (AvgIpc) is 2.44. The van der Waals surface area contributed by atoms with Crippen molar-refractivity contribution in [2.24, 2.45) is 0 Å². The molecule has 1 heterocycles. The van der Waals surface area contributed by atoms with E-state index in [2.05, 4.69) is 15.3 Å². The molecule has 0 unspecified atom stereocenters. The minimum Gasteiger partial charge on any atom is -0.373 e. The van der Waals surface area contributed by atoms with Gasteiger partial charge in [-0.3, -0.25) is 0 Å². The fraction of sp³-hybridized carbons (Fsp3) is 0.0667. The highest BCUT2D eigenvalue weighted by Crippen LogP contribution is 2.26. The van der Waals surface area contributed by atoms with E-state index in [1.807, 2.05) is 0 Å². The Morgan fingerprint density at radius 1 is 0.857 bits per heavy atom. The Kier molecular flexibility index (Phi) is 3.21. The van der Waals surface area contributed by atoms with Gasteiger partial charge in [0, 0.05) is 30.1 Å². The Labute approximate surface area is 118 Å². The van der Waals surface area contributed by atoms with Gasteiger partial charge in [0.2, 0.25) is 0 Å². The summed E-state index contributed by atoms with van der Waals surface area (Å²) in [5, 5.41) is 3.49. The standard InChI is InChI=1S/C15H10F3N3/c1-19-15-12-3-2-9(16)7-13(12)20-14(21-15)8-4-10(17)6-11(18)5-8/h2-7H,1H3,(H,19,20,21). The minimum atomic E-state index is -0.723. The fourth-order valence-corrected chi connectivity index (χ4v) is 2.11. The van der Waals surface area contributed by atoms with Crippen molar-refractivity contribution >= 4 is 16.7 Å². The number of benzene rings is 2. The van der Waals surface area contributed by atoms with E-state index in [0.29, 0.717) is 16.7 Å². The molecule has 0 saturated carbocycles. The molecule has 0 fully saturated rings. The number of fused-ring (bicyclic) bond motifs is 1. The molecule has 106 valence electrons. The maximum atomic E-state index is 13.3. The highest BCUT2D eigenvalue weighted by Gasteiger charge is 2.11. The third kappa shape index (κ3) is 2.52. The van der Waals surface area contributed by atoms with Crippen molar-refractivity contribution in [3.63, 3.8) is 0 Å². The van der Waals surface area contributed by atoms with Crippen LogP contribution in [0.1, 0.15) is 0 Å². The Hall–Kier alpha value is -2.63. The van der Waals surface area contributed by atoms with Crippen LogP contribution in [0.2, 0.25) is 0 Å². The lowest BCUT2D eigenvalue weighted by atomic mass is 10.1. The molecule has 3 nitrogen and oxygen atoms in total. The molecule has 3 rings (SSSR count). The second-order valence-electron chi connectivity index (χ2n) is 4.47. The third-order valence-corrected chi connectivity index (χ3v) is 3.02. The van der Waals surface area contributed by atoms with Crippen molar-refractivity contribution in [2.45, 2.75) is 0 Å². The zero-order chi connectivity index (χ0) is 15.0. The summed E-state index contributed by atoms with van der Waals surface area (Å²) in [6.07, 6.45) is 0. The number of aromatic nitrogens is 2. The van der Waals surface area contributed by atoms with E-state index in [0.717, 1.165) is 18.2 Å². The van der Waals surface area contributed by atoms with Crippen molar-refractivity contribution in [1.82, 2.24) is 9.97 Å². The number of nitrogens with one attached hydrogen (secondary N) is 1. The number of anilines is 1. The summed E-state index contributed by atoms with van der Waals surface area (Å²) < 4.78 is 39.9. The summed E-state index contributed by atoms with van der Waals surface area (Å²) >= 11 is 0. The van der Waals surface area contributed by atoms with Gasteiger partial charge in [0.25, 0.3) is 0 Å². The van der Waals surface area contributed by atoms with Crippen LogP contribution in [0.15, 0.2) is 36.4 Å². The van der Waals surface area contributed by atoms with Crippen LogP contribution in [0.25, 0.3) is 22.3 Å². The molecular formula is C15H10F3N3. The lowest BCUT2D eigenvalue weighted by Crippen LogP contribution is -1.99. The number of rotatable bonds is 2. The predicted molar refractivity (Wildman–Crippen MR) is 74.4 cm³/mol. The molecule has 1 aromatic heterocycles. The van der Waals surface area contributed by atoms with Crippen LogP contribution >= 0.6 is 0 Å². The first-order valence-corrected chi connectivity index (χ1v) is 6.18. The van der Waals surface area contributed by atoms with E-state index in [1.54, 1.807) is 13.1 Å². The zero-order valence-electron chi connectivity index (χ0n) is 11.0. The van der Waals surface area contributed by atoms with E-state index in [4.69, 9.17) is 0 Å². The van der Waals surface area contributed by atoms with Crippen molar-refractivity contribution in [3.8, 4) is 11.4 Å². The maximum Gasteiger partial charge on any atom is 0.162 e. The normalized spacial score (nSPS) is 10.9. The summed E-state index contributed by atoms with van der Waals surface area (Å²) in [4.78, 5) is 8.40. The first-order chi connectivity index (χ1) is 10.1. The van der Waals surface area contributed by atoms with Crippen LogP contribution in [0.3, 0.4) is 0 Å². The Bertz CT molecular complexity index is 814. The summed E-state index contributed by atoms with van der Waals surface area (Å²) in [7, 11) is 1.65. The summed E-state index contributed by atoms with van der Waals surface area (Å²) in [5.41, 5.74) is 0.546. The number of hydrogen-bond donors (Lipinski definition) is 1. The molecule has 0 radical (unpaired) electrons. The molecule has 2 aromatic carbocycles. The van der Waals surface area contributed by atoms with Gasteiger partial charge in [-0.2, -0.15) is 0 Å². The molecule has 6 heteroatoms. The van der Waals surface area contributed by atoms with E-state index < -0.39 is 17.5 Å². The van der Waals surface area contributed by atoms with Crippen molar-refractivity contribution in [2.75, 3.05) is 12.4 Å².